The van der Waals surface area contributed by atoms with Crippen molar-refractivity contribution < 1.29 is 14.4 Å². The Bertz CT molecular complexity index is 845. The molecule has 6 heteroatoms. The van der Waals surface area contributed by atoms with Gasteiger partial charge in [0.05, 0.1) is 13.1 Å². The number of carbonyl (C=O) groups is 3. The van der Waals surface area contributed by atoms with Gasteiger partial charge >= 0.3 is 6.03 Å². The van der Waals surface area contributed by atoms with Gasteiger partial charge in [0.15, 0.2) is 0 Å². The van der Waals surface area contributed by atoms with E-state index in [-0.39, 0.29) is 24.9 Å². The van der Waals surface area contributed by atoms with Crippen LogP contribution in [0.5, 0.6) is 0 Å². The second-order valence-corrected chi connectivity index (χ2v) is 6.53. The Hall–Kier alpha value is -3.15. The number of imide groups is 1. The van der Waals surface area contributed by atoms with E-state index in [9.17, 15) is 14.4 Å². The van der Waals surface area contributed by atoms with Crippen LogP contribution in [0, 0.1) is 0 Å². The third-order valence-electron chi connectivity index (χ3n) is 4.34. The SMILES string of the molecule is CC(C)c1cccc(NC(=O)c2ccccc2CN2C(=O)CNC2=O)c1. The van der Waals surface area contributed by atoms with Gasteiger partial charge in [-0.3, -0.25) is 14.5 Å². The van der Waals surface area contributed by atoms with Gasteiger partial charge in [-0.25, -0.2) is 4.79 Å². The molecule has 4 amide bonds. The summed E-state index contributed by atoms with van der Waals surface area (Å²) in [6.07, 6.45) is 0. The normalized spacial score (nSPS) is 13.9. The van der Waals surface area contributed by atoms with E-state index in [1.807, 2.05) is 24.3 Å². The van der Waals surface area contributed by atoms with Crippen LogP contribution in [0.4, 0.5) is 10.5 Å². The number of nitrogens with one attached hydrogen (secondary N) is 2. The second kappa shape index (κ2) is 7.39. The topological polar surface area (TPSA) is 78.5 Å². The van der Waals surface area contributed by atoms with Crippen LogP contribution >= 0.6 is 0 Å². The van der Waals surface area contributed by atoms with Gasteiger partial charge < -0.3 is 10.6 Å². The van der Waals surface area contributed by atoms with E-state index >= 15 is 0 Å². The lowest BCUT2D eigenvalue weighted by Crippen LogP contribution is -2.31. The van der Waals surface area contributed by atoms with Crippen molar-refractivity contribution in [3.63, 3.8) is 0 Å². The first kappa shape index (κ1) is 17.7. The predicted octanol–water partition coefficient (Wildman–Crippen LogP) is 3.11. The van der Waals surface area contributed by atoms with Gasteiger partial charge in [0.2, 0.25) is 5.91 Å². The molecule has 2 N–H and O–H groups in total. The summed E-state index contributed by atoms with van der Waals surface area (Å²) in [7, 11) is 0. The van der Waals surface area contributed by atoms with Crippen molar-refractivity contribution in [3.05, 3.63) is 65.2 Å². The van der Waals surface area contributed by atoms with Crippen molar-refractivity contribution in [2.45, 2.75) is 26.3 Å². The number of benzene rings is 2. The van der Waals surface area contributed by atoms with Gasteiger partial charge in [0.1, 0.15) is 0 Å². The number of rotatable bonds is 5. The predicted molar refractivity (Wildman–Crippen MR) is 98.9 cm³/mol. The van der Waals surface area contributed by atoms with E-state index in [4.69, 9.17) is 0 Å². The molecule has 134 valence electrons. The molecular weight excluding hydrogens is 330 g/mol. The van der Waals surface area contributed by atoms with Crippen molar-refractivity contribution in [1.82, 2.24) is 10.2 Å². The van der Waals surface area contributed by atoms with E-state index in [2.05, 4.69) is 24.5 Å². The van der Waals surface area contributed by atoms with Crippen molar-refractivity contribution in [1.29, 1.82) is 0 Å². The van der Waals surface area contributed by atoms with Crippen molar-refractivity contribution >= 4 is 23.5 Å². The molecule has 0 aliphatic carbocycles. The fourth-order valence-corrected chi connectivity index (χ4v) is 2.84. The zero-order chi connectivity index (χ0) is 18.7. The van der Waals surface area contributed by atoms with Crippen LogP contribution in [-0.4, -0.2) is 29.3 Å². The highest BCUT2D eigenvalue weighted by molar-refractivity contribution is 6.06. The van der Waals surface area contributed by atoms with Crippen molar-refractivity contribution in [3.8, 4) is 0 Å². The molecule has 0 atom stereocenters. The molecule has 0 saturated carbocycles. The number of nitrogens with zero attached hydrogens (tertiary/aromatic N) is 1. The fourth-order valence-electron chi connectivity index (χ4n) is 2.84. The summed E-state index contributed by atoms with van der Waals surface area (Å²) in [6.45, 7) is 4.25. The molecule has 2 aromatic rings. The summed E-state index contributed by atoms with van der Waals surface area (Å²) in [5.41, 5.74) is 2.91. The van der Waals surface area contributed by atoms with Crippen LogP contribution < -0.4 is 10.6 Å². The Morgan fingerprint density at radius 2 is 1.92 bits per heavy atom. The highest BCUT2D eigenvalue weighted by Gasteiger charge is 2.29. The van der Waals surface area contributed by atoms with Crippen LogP contribution in [0.15, 0.2) is 48.5 Å². The van der Waals surface area contributed by atoms with E-state index in [0.29, 0.717) is 22.7 Å². The quantitative estimate of drug-likeness (QED) is 0.813. The number of carbonyl (C=O) groups excluding carboxylic acids is 3. The minimum atomic E-state index is -0.435. The van der Waals surface area contributed by atoms with E-state index < -0.39 is 6.03 Å². The molecule has 0 radical (unpaired) electrons. The van der Waals surface area contributed by atoms with Crippen LogP contribution in [0.25, 0.3) is 0 Å². The first-order valence-electron chi connectivity index (χ1n) is 8.53. The molecule has 1 fully saturated rings. The maximum Gasteiger partial charge on any atom is 0.324 e. The van der Waals surface area contributed by atoms with Gasteiger partial charge in [0, 0.05) is 11.3 Å². The molecule has 1 aliphatic heterocycles. The maximum absolute atomic E-state index is 12.7. The first-order chi connectivity index (χ1) is 12.5. The number of hydrogen-bond donors (Lipinski definition) is 2. The zero-order valence-electron chi connectivity index (χ0n) is 14.8. The zero-order valence-corrected chi connectivity index (χ0v) is 14.8. The minimum Gasteiger partial charge on any atom is -0.329 e. The van der Waals surface area contributed by atoms with E-state index in [1.54, 1.807) is 24.3 Å². The summed E-state index contributed by atoms with van der Waals surface area (Å²) < 4.78 is 0. The largest absolute Gasteiger partial charge is 0.329 e. The molecule has 3 rings (SSSR count). The average Bonchev–Trinajstić information content (AvgIpc) is 2.94. The standard InChI is InChI=1S/C20H21N3O3/c1-13(2)14-7-5-8-16(10-14)22-19(25)17-9-4-3-6-15(17)12-23-18(24)11-21-20(23)26/h3-10,13H,11-12H2,1-2H3,(H,21,26)(H,22,25). The fraction of sp³-hybridized carbons (Fsp3) is 0.250. The lowest BCUT2D eigenvalue weighted by Gasteiger charge is -2.16. The van der Waals surface area contributed by atoms with Crippen LogP contribution in [0.3, 0.4) is 0 Å². The minimum absolute atomic E-state index is 0.00477. The molecule has 0 spiro atoms. The van der Waals surface area contributed by atoms with Crippen molar-refractivity contribution in [2.24, 2.45) is 0 Å². The summed E-state index contributed by atoms with van der Waals surface area (Å²) >= 11 is 0. The molecule has 1 aliphatic rings. The summed E-state index contributed by atoms with van der Waals surface area (Å²) in [4.78, 5) is 37.4. The molecule has 2 aromatic carbocycles. The second-order valence-electron chi connectivity index (χ2n) is 6.53. The van der Waals surface area contributed by atoms with E-state index in [1.165, 1.54) is 0 Å². The molecule has 26 heavy (non-hydrogen) atoms. The monoisotopic (exact) mass is 351 g/mol. The van der Waals surface area contributed by atoms with Crippen molar-refractivity contribution in [2.75, 3.05) is 11.9 Å². The highest BCUT2D eigenvalue weighted by Crippen LogP contribution is 2.20. The lowest BCUT2D eigenvalue weighted by atomic mass is 10.0. The molecule has 0 bridgehead atoms. The average molecular weight is 351 g/mol. The Morgan fingerprint density at radius 3 is 2.62 bits per heavy atom. The summed E-state index contributed by atoms with van der Waals surface area (Å²) in [5.74, 6) is -0.206. The third kappa shape index (κ3) is 3.74. The molecule has 6 nitrogen and oxygen atoms in total. The maximum atomic E-state index is 12.7. The van der Waals surface area contributed by atoms with Gasteiger partial charge in [-0.2, -0.15) is 0 Å². The molecule has 0 aromatic heterocycles. The Morgan fingerprint density at radius 1 is 1.15 bits per heavy atom. The van der Waals surface area contributed by atoms with E-state index in [0.717, 1.165) is 10.5 Å². The van der Waals surface area contributed by atoms with Gasteiger partial charge in [0.25, 0.3) is 5.91 Å². The highest BCUT2D eigenvalue weighted by atomic mass is 16.2. The third-order valence-corrected chi connectivity index (χ3v) is 4.34. The van der Waals surface area contributed by atoms with Gasteiger partial charge in [-0.15, -0.1) is 0 Å². The van der Waals surface area contributed by atoms with Crippen LogP contribution in [0.2, 0.25) is 0 Å². The molecular formula is C20H21N3O3. The molecule has 1 saturated heterocycles. The molecule has 0 unspecified atom stereocenters. The first-order valence-corrected chi connectivity index (χ1v) is 8.53. The number of hydrogen-bond acceptors (Lipinski definition) is 3. The lowest BCUT2D eigenvalue weighted by molar-refractivity contribution is -0.125. The van der Waals surface area contributed by atoms with Crippen LogP contribution in [0.1, 0.15) is 41.3 Å². The Kier molecular flexibility index (Phi) is 5.02. The molecule has 1 heterocycles. The Labute approximate surface area is 152 Å². The number of anilines is 1. The number of amides is 4. The smallest absolute Gasteiger partial charge is 0.324 e. The summed E-state index contributed by atoms with van der Waals surface area (Å²) in [5, 5.41) is 5.38. The Balaban J connectivity index is 1.81. The van der Waals surface area contributed by atoms with Gasteiger partial charge in [-0.05, 0) is 35.2 Å². The number of urea groups is 1. The summed E-state index contributed by atoms with van der Waals surface area (Å²) in [6, 6.07) is 14.3. The van der Waals surface area contributed by atoms with Gasteiger partial charge in [-0.1, -0.05) is 44.2 Å². The van der Waals surface area contributed by atoms with Crippen LogP contribution in [-0.2, 0) is 11.3 Å².